The molecular formula is C13H18BrNO2. The topological polar surface area (TPSA) is 52.3 Å². The van der Waals surface area contributed by atoms with Crippen LogP contribution in [0.4, 0.5) is 0 Å². The van der Waals surface area contributed by atoms with Gasteiger partial charge in [-0.2, -0.15) is 0 Å². The molecule has 0 saturated heterocycles. The van der Waals surface area contributed by atoms with Crippen LogP contribution in [0.5, 0.6) is 0 Å². The molecule has 17 heavy (non-hydrogen) atoms. The van der Waals surface area contributed by atoms with Crippen LogP contribution in [0.2, 0.25) is 0 Å². The lowest BCUT2D eigenvalue weighted by Gasteiger charge is -2.24. The van der Waals surface area contributed by atoms with E-state index in [0.717, 1.165) is 10.0 Å². The summed E-state index contributed by atoms with van der Waals surface area (Å²) in [5, 5.41) is 0. The van der Waals surface area contributed by atoms with Gasteiger partial charge in [0.15, 0.2) is 0 Å². The van der Waals surface area contributed by atoms with Crippen molar-refractivity contribution in [2.75, 3.05) is 0 Å². The minimum Gasteiger partial charge on any atom is -0.459 e. The predicted molar refractivity (Wildman–Crippen MR) is 71.4 cm³/mol. The van der Waals surface area contributed by atoms with E-state index in [1.807, 2.05) is 38.1 Å². The van der Waals surface area contributed by atoms with Crippen LogP contribution in [0.1, 0.15) is 32.3 Å². The molecule has 0 radical (unpaired) electrons. The quantitative estimate of drug-likeness (QED) is 0.850. The third kappa shape index (κ3) is 3.54. The van der Waals surface area contributed by atoms with Gasteiger partial charge in [0.1, 0.15) is 12.1 Å². The largest absolute Gasteiger partial charge is 0.459 e. The van der Waals surface area contributed by atoms with Gasteiger partial charge in [0.2, 0.25) is 0 Å². The zero-order valence-electron chi connectivity index (χ0n) is 10.2. The Bertz CT molecular complexity index is 389. The van der Waals surface area contributed by atoms with Crippen LogP contribution < -0.4 is 5.73 Å². The van der Waals surface area contributed by atoms with E-state index in [9.17, 15) is 4.79 Å². The van der Waals surface area contributed by atoms with E-state index in [1.54, 1.807) is 0 Å². The number of nitrogens with two attached hydrogens (primary N) is 1. The second-order valence-electron chi connectivity index (χ2n) is 4.03. The summed E-state index contributed by atoms with van der Waals surface area (Å²) in [4.78, 5) is 11.8. The molecule has 0 aliphatic carbocycles. The molecule has 2 N–H and O–H groups in total. The van der Waals surface area contributed by atoms with Crippen LogP contribution in [-0.2, 0) is 16.1 Å². The first-order chi connectivity index (χ1) is 8.03. The van der Waals surface area contributed by atoms with Crippen molar-refractivity contribution in [3.05, 3.63) is 34.3 Å². The Balaban J connectivity index is 2.63. The molecule has 0 amide bonds. The highest BCUT2D eigenvalue weighted by Crippen LogP contribution is 2.19. The van der Waals surface area contributed by atoms with Crippen LogP contribution in [0.25, 0.3) is 0 Å². The second-order valence-corrected chi connectivity index (χ2v) is 4.89. The molecule has 0 bridgehead atoms. The van der Waals surface area contributed by atoms with E-state index >= 15 is 0 Å². The fraction of sp³-hybridized carbons (Fsp3) is 0.462. The van der Waals surface area contributed by atoms with E-state index in [0.29, 0.717) is 12.8 Å². The smallest absolute Gasteiger partial charge is 0.326 e. The first-order valence-electron chi connectivity index (χ1n) is 5.73. The third-order valence-electron chi connectivity index (χ3n) is 2.98. The summed E-state index contributed by atoms with van der Waals surface area (Å²) in [5.41, 5.74) is 6.04. The van der Waals surface area contributed by atoms with Gasteiger partial charge in [-0.3, -0.25) is 4.79 Å². The summed E-state index contributed by atoms with van der Waals surface area (Å²) in [7, 11) is 0. The van der Waals surface area contributed by atoms with Crippen molar-refractivity contribution in [3.63, 3.8) is 0 Å². The summed E-state index contributed by atoms with van der Waals surface area (Å²) in [6.45, 7) is 4.03. The monoisotopic (exact) mass is 299 g/mol. The molecule has 1 rings (SSSR count). The number of carbonyl (C=O) groups excluding carboxylic acids is 1. The standard InChI is InChI=1S/C13H18BrNO2/c1-3-13(15,4-2)12(16)17-9-10-7-5-6-8-11(10)14/h5-8H,3-4,9,15H2,1-2H3. The van der Waals surface area contributed by atoms with Crippen LogP contribution in [0.15, 0.2) is 28.7 Å². The molecule has 0 fully saturated rings. The molecule has 0 aliphatic rings. The Morgan fingerprint density at radius 1 is 1.35 bits per heavy atom. The Hall–Kier alpha value is -0.870. The first-order valence-corrected chi connectivity index (χ1v) is 6.52. The minimum absolute atomic E-state index is 0.249. The number of hydrogen-bond acceptors (Lipinski definition) is 3. The number of halogens is 1. The maximum atomic E-state index is 11.8. The van der Waals surface area contributed by atoms with Crippen molar-refractivity contribution in [1.29, 1.82) is 0 Å². The van der Waals surface area contributed by atoms with E-state index < -0.39 is 5.54 Å². The lowest BCUT2D eigenvalue weighted by Crippen LogP contribution is -2.47. The van der Waals surface area contributed by atoms with Crippen LogP contribution in [0.3, 0.4) is 0 Å². The molecule has 0 atom stereocenters. The van der Waals surface area contributed by atoms with Gasteiger partial charge >= 0.3 is 5.97 Å². The summed E-state index contributed by atoms with van der Waals surface area (Å²) in [6.07, 6.45) is 1.16. The second kappa shape index (κ2) is 6.17. The van der Waals surface area contributed by atoms with Gasteiger partial charge in [-0.1, -0.05) is 48.0 Å². The number of benzene rings is 1. The molecule has 4 heteroatoms. The molecule has 94 valence electrons. The number of hydrogen-bond donors (Lipinski definition) is 1. The maximum absolute atomic E-state index is 11.8. The van der Waals surface area contributed by atoms with Crippen LogP contribution in [0, 0.1) is 0 Å². The van der Waals surface area contributed by atoms with Crippen LogP contribution in [-0.4, -0.2) is 11.5 Å². The van der Waals surface area contributed by atoms with Crippen molar-refractivity contribution < 1.29 is 9.53 Å². The summed E-state index contributed by atoms with van der Waals surface area (Å²) < 4.78 is 6.20. The number of esters is 1. The Labute approximate surface area is 110 Å². The molecular weight excluding hydrogens is 282 g/mol. The molecule has 0 aromatic heterocycles. The predicted octanol–water partition coefficient (Wildman–Crippen LogP) is 3.01. The van der Waals surface area contributed by atoms with Crippen molar-refractivity contribution in [2.24, 2.45) is 5.73 Å². The van der Waals surface area contributed by atoms with E-state index in [4.69, 9.17) is 10.5 Å². The fourth-order valence-corrected chi connectivity index (χ4v) is 1.84. The zero-order valence-corrected chi connectivity index (χ0v) is 11.8. The average Bonchev–Trinajstić information content (AvgIpc) is 2.36. The van der Waals surface area contributed by atoms with Crippen molar-refractivity contribution in [2.45, 2.75) is 38.8 Å². The molecule has 3 nitrogen and oxygen atoms in total. The van der Waals surface area contributed by atoms with E-state index in [2.05, 4.69) is 15.9 Å². The fourth-order valence-electron chi connectivity index (χ4n) is 1.44. The van der Waals surface area contributed by atoms with Crippen molar-refractivity contribution >= 4 is 21.9 Å². The molecule has 1 aromatic rings. The van der Waals surface area contributed by atoms with Gasteiger partial charge < -0.3 is 10.5 Å². The maximum Gasteiger partial charge on any atom is 0.326 e. The minimum atomic E-state index is -0.860. The van der Waals surface area contributed by atoms with Gasteiger partial charge in [-0.15, -0.1) is 0 Å². The molecule has 0 aliphatic heterocycles. The number of ether oxygens (including phenoxy) is 1. The Morgan fingerprint density at radius 2 is 1.94 bits per heavy atom. The highest BCUT2D eigenvalue weighted by Gasteiger charge is 2.31. The lowest BCUT2D eigenvalue weighted by molar-refractivity contribution is -0.151. The van der Waals surface area contributed by atoms with E-state index in [1.165, 1.54) is 0 Å². The highest BCUT2D eigenvalue weighted by molar-refractivity contribution is 9.10. The van der Waals surface area contributed by atoms with Gasteiger partial charge in [-0.25, -0.2) is 0 Å². The lowest BCUT2D eigenvalue weighted by atomic mass is 9.95. The third-order valence-corrected chi connectivity index (χ3v) is 3.76. The molecule has 0 spiro atoms. The normalized spacial score (nSPS) is 11.3. The highest BCUT2D eigenvalue weighted by atomic mass is 79.9. The van der Waals surface area contributed by atoms with Crippen molar-refractivity contribution in [3.8, 4) is 0 Å². The van der Waals surface area contributed by atoms with Crippen molar-refractivity contribution in [1.82, 2.24) is 0 Å². The number of carbonyl (C=O) groups is 1. The van der Waals surface area contributed by atoms with Gasteiger partial charge in [0.25, 0.3) is 0 Å². The summed E-state index contributed by atoms with van der Waals surface area (Å²) in [5.74, 6) is -0.335. The Kier molecular flexibility index (Phi) is 5.15. The van der Waals surface area contributed by atoms with E-state index in [-0.39, 0.29) is 12.6 Å². The van der Waals surface area contributed by atoms with Gasteiger partial charge in [0, 0.05) is 10.0 Å². The van der Waals surface area contributed by atoms with Gasteiger partial charge in [-0.05, 0) is 18.9 Å². The first kappa shape index (κ1) is 14.2. The molecule has 0 heterocycles. The summed E-state index contributed by atoms with van der Waals surface area (Å²) in [6, 6.07) is 7.65. The zero-order chi connectivity index (χ0) is 12.9. The summed E-state index contributed by atoms with van der Waals surface area (Å²) >= 11 is 3.41. The molecule has 1 aromatic carbocycles. The van der Waals surface area contributed by atoms with Gasteiger partial charge in [0.05, 0.1) is 0 Å². The van der Waals surface area contributed by atoms with Crippen LogP contribution >= 0.6 is 15.9 Å². The molecule has 0 unspecified atom stereocenters. The average molecular weight is 300 g/mol. The number of rotatable bonds is 5. The molecule has 0 saturated carbocycles. The Morgan fingerprint density at radius 3 is 2.47 bits per heavy atom. The SMILES string of the molecule is CCC(N)(CC)C(=O)OCc1ccccc1Br.